The van der Waals surface area contributed by atoms with Crippen molar-refractivity contribution in [2.45, 2.75) is 12.6 Å². The largest absolute Gasteiger partial charge is 0.313 e. The van der Waals surface area contributed by atoms with E-state index in [1.165, 1.54) is 0 Å². The molecule has 0 amide bonds. The molecule has 1 aliphatic heterocycles. The first-order valence-electron chi connectivity index (χ1n) is 3.23. The Bertz CT molecular complexity index is 87.1. The molecule has 1 aliphatic rings. The number of piperidine rings is 1. The maximum absolute atomic E-state index is 12.4. The van der Waals surface area contributed by atoms with Crippen molar-refractivity contribution in [1.82, 2.24) is 5.32 Å². The van der Waals surface area contributed by atoms with E-state index >= 15 is 0 Å². The van der Waals surface area contributed by atoms with E-state index < -0.39 is 12.8 Å². The molecule has 0 bridgehead atoms. The first kappa shape index (κ1) is 6.93. The lowest BCUT2D eigenvalue weighted by Gasteiger charge is -2.22. The highest BCUT2D eigenvalue weighted by Crippen LogP contribution is 2.12. The van der Waals surface area contributed by atoms with Crippen LogP contribution in [0.3, 0.4) is 0 Å². The first-order chi connectivity index (χ1) is 4.33. The van der Waals surface area contributed by atoms with E-state index in [1.54, 1.807) is 0 Å². The van der Waals surface area contributed by atoms with Crippen molar-refractivity contribution in [3.8, 4) is 0 Å². The van der Waals surface area contributed by atoms with Gasteiger partial charge in [-0.25, -0.2) is 4.39 Å². The number of rotatable bonds is 1. The monoisotopic (exact) mass is 135 g/mol. The Balaban J connectivity index is 2.23. The van der Waals surface area contributed by atoms with Crippen LogP contribution >= 0.6 is 0 Å². The minimum absolute atomic E-state index is 0.0891. The molecule has 0 aromatic rings. The normalized spacial score (nSPS) is 36.7. The zero-order valence-corrected chi connectivity index (χ0v) is 5.24. The van der Waals surface area contributed by atoms with Crippen LogP contribution in [0.5, 0.6) is 0 Å². The lowest BCUT2D eigenvalue weighted by Crippen LogP contribution is -2.38. The Morgan fingerprint density at radius 1 is 1.44 bits per heavy atom. The van der Waals surface area contributed by atoms with Crippen LogP contribution in [0.4, 0.5) is 8.78 Å². The summed E-state index contributed by atoms with van der Waals surface area (Å²) in [4.78, 5) is 0. The van der Waals surface area contributed by atoms with Gasteiger partial charge in [0.1, 0.15) is 6.17 Å². The van der Waals surface area contributed by atoms with Crippen molar-refractivity contribution in [1.29, 1.82) is 0 Å². The van der Waals surface area contributed by atoms with Gasteiger partial charge in [0.2, 0.25) is 0 Å². The highest BCUT2D eigenvalue weighted by molar-refractivity contribution is 4.74. The molecule has 0 aromatic heterocycles. The minimum Gasteiger partial charge on any atom is -0.313 e. The summed E-state index contributed by atoms with van der Waals surface area (Å²) in [6.45, 7) is 0.640. The topological polar surface area (TPSA) is 12.0 Å². The Hall–Kier alpha value is -0.180. The molecular formula is C6H11F2N. The van der Waals surface area contributed by atoms with Crippen LogP contribution in [-0.4, -0.2) is 25.9 Å². The van der Waals surface area contributed by atoms with Crippen LogP contribution in [0.15, 0.2) is 0 Å². The molecule has 1 rings (SSSR count). The van der Waals surface area contributed by atoms with Crippen LogP contribution in [0.2, 0.25) is 0 Å². The molecule has 54 valence electrons. The Labute approximate surface area is 53.4 Å². The average Bonchev–Trinajstić information content (AvgIpc) is 1.88. The summed E-state index contributed by atoms with van der Waals surface area (Å²) in [5.41, 5.74) is 0. The quantitative estimate of drug-likeness (QED) is 0.563. The summed E-state index contributed by atoms with van der Waals surface area (Å²) in [6.07, 6.45) is -0.441. The van der Waals surface area contributed by atoms with Crippen molar-refractivity contribution in [2.75, 3.05) is 19.8 Å². The van der Waals surface area contributed by atoms with E-state index in [-0.39, 0.29) is 5.92 Å². The predicted molar refractivity (Wildman–Crippen MR) is 31.8 cm³/mol. The van der Waals surface area contributed by atoms with Gasteiger partial charge in [-0.05, 0) is 6.42 Å². The zero-order valence-electron chi connectivity index (χ0n) is 5.24. The molecule has 9 heavy (non-hydrogen) atoms. The summed E-state index contributed by atoms with van der Waals surface area (Å²) in [5, 5.41) is 2.82. The minimum atomic E-state index is -0.834. The van der Waals surface area contributed by atoms with E-state index in [4.69, 9.17) is 0 Å². The highest BCUT2D eigenvalue weighted by atomic mass is 19.1. The third kappa shape index (κ3) is 1.90. The van der Waals surface area contributed by atoms with E-state index in [0.29, 0.717) is 19.5 Å². The summed E-state index contributed by atoms with van der Waals surface area (Å²) >= 11 is 0. The van der Waals surface area contributed by atoms with Gasteiger partial charge in [-0.15, -0.1) is 0 Å². The smallest absolute Gasteiger partial charge is 0.113 e. The van der Waals surface area contributed by atoms with E-state index in [0.717, 1.165) is 0 Å². The van der Waals surface area contributed by atoms with Crippen molar-refractivity contribution in [2.24, 2.45) is 5.92 Å². The molecule has 0 aromatic carbocycles. The Morgan fingerprint density at radius 3 is 2.67 bits per heavy atom. The van der Waals surface area contributed by atoms with Gasteiger partial charge in [0.15, 0.2) is 0 Å². The van der Waals surface area contributed by atoms with Crippen LogP contribution in [0.1, 0.15) is 6.42 Å². The number of hydrogen-bond acceptors (Lipinski definition) is 1. The van der Waals surface area contributed by atoms with Gasteiger partial charge in [0.05, 0.1) is 6.67 Å². The second-order valence-corrected chi connectivity index (χ2v) is 2.51. The van der Waals surface area contributed by atoms with Gasteiger partial charge in [-0.2, -0.15) is 0 Å². The average molecular weight is 135 g/mol. The fourth-order valence-electron chi connectivity index (χ4n) is 1.09. The molecule has 1 nitrogen and oxygen atoms in total. The molecule has 1 N–H and O–H groups in total. The summed E-state index contributed by atoms with van der Waals surface area (Å²) in [6, 6.07) is 0. The van der Waals surface area contributed by atoms with Crippen molar-refractivity contribution in [3.05, 3.63) is 0 Å². The fraction of sp³-hybridized carbons (Fsp3) is 1.00. The van der Waals surface area contributed by atoms with Crippen LogP contribution in [-0.2, 0) is 0 Å². The second-order valence-electron chi connectivity index (χ2n) is 2.51. The summed E-state index contributed by atoms with van der Waals surface area (Å²) < 4.78 is 24.2. The van der Waals surface area contributed by atoms with Gasteiger partial charge in [0.25, 0.3) is 0 Å². The molecule has 1 heterocycles. The molecule has 0 radical (unpaired) electrons. The molecule has 0 saturated carbocycles. The molecule has 2 atom stereocenters. The molecule has 1 saturated heterocycles. The van der Waals surface area contributed by atoms with Gasteiger partial charge >= 0.3 is 0 Å². The van der Waals surface area contributed by atoms with Crippen molar-refractivity contribution >= 4 is 0 Å². The van der Waals surface area contributed by atoms with Gasteiger partial charge in [0, 0.05) is 19.0 Å². The second kappa shape index (κ2) is 3.11. The van der Waals surface area contributed by atoms with Crippen LogP contribution < -0.4 is 5.32 Å². The maximum atomic E-state index is 12.4. The third-order valence-corrected chi connectivity index (χ3v) is 1.61. The number of halogens is 2. The molecule has 1 fully saturated rings. The standard InChI is InChI=1S/C6H11F2N/c7-2-5-1-6(8)4-9-3-5/h5-6,9H,1-4H2. The summed E-state index contributed by atoms with van der Waals surface area (Å²) in [7, 11) is 0. The van der Waals surface area contributed by atoms with Crippen molar-refractivity contribution < 1.29 is 8.78 Å². The SMILES string of the molecule is FCC1CNCC(F)C1. The molecule has 2 unspecified atom stereocenters. The van der Waals surface area contributed by atoms with Crippen molar-refractivity contribution in [3.63, 3.8) is 0 Å². The predicted octanol–water partition coefficient (Wildman–Crippen LogP) is 0.903. The first-order valence-corrected chi connectivity index (χ1v) is 3.23. The van der Waals surface area contributed by atoms with Crippen LogP contribution in [0.25, 0.3) is 0 Å². The number of hydrogen-bond donors (Lipinski definition) is 1. The van der Waals surface area contributed by atoms with Gasteiger partial charge < -0.3 is 5.32 Å². The number of nitrogens with one attached hydrogen (secondary N) is 1. The lowest BCUT2D eigenvalue weighted by atomic mass is 10.0. The Morgan fingerprint density at radius 2 is 2.22 bits per heavy atom. The lowest BCUT2D eigenvalue weighted by molar-refractivity contribution is 0.190. The van der Waals surface area contributed by atoms with E-state index in [1.807, 2.05) is 0 Å². The third-order valence-electron chi connectivity index (χ3n) is 1.61. The zero-order chi connectivity index (χ0) is 6.69. The molecule has 0 aliphatic carbocycles. The Kier molecular flexibility index (Phi) is 2.39. The highest BCUT2D eigenvalue weighted by Gasteiger charge is 2.20. The maximum Gasteiger partial charge on any atom is 0.113 e. The van der Waals surface area contributed by atoms with Gasteiger partial charge in [-0.1, -0.05) is 0 Å². The fourth-order valence-corrected chi connectivity index (χ4v) is 1.09. The van der Waals surface area contributed by atoms with Crippen LogP contribution in [0, 0.1) is 5.92 Å². The summed E-state index contributed by atoms with van der Waals surface area (Å²) in [5.74, 6) is -0.0891. The van der Waals surface area contributed by atoms with Gasteiger partial charge in [-0.3, -0.25) is 4.39 Å². The number of alkyl halides is 2. The molecule has 3 heteroatoms. The van der Waals surface area contributed by atoms with E-state index in [9.17, 15) is 8.78 Å². The van der Waals surface area contributed by atoms with E-state index in [2.05, 4.69) is 5.32 Å². The molecule has 0 spiro atoms. The molecular weight excluding hydrogens is 124 g/mol.